The van der Waals surface area contributed by atoms with Gasteiger partial charge >= 0.3 is 41.5 Å². The van der Waals surface area contributed by atoms with Crippen molar-refractivity contribution in [2.45, 2.75) is 12.8 Å². The van der Waals surface area contributed by atoms with Crippen LogP contribution in [0.25, 0.3) is 0 Å². The minimum atomic E-state index is -0.504. The molecule has 0 saturated carbocycles. The molecule has 1 heterocycles. The second-order valence-electron chi connectivity index (χ2n) is 3.36. The quantitative estimate of drug-likeness (QED) is 0.274. The monoisotopic (exact) mass is 226 g/mol. The minimum Gasteiger partial charge on any atom is -1.00 e. The van der Waals surface area contributed by atoms with Crippen molar-refractivity contribution >= 4 is 11.9 Å². The van der Waals surface area contributed by atoms with E-state index in [9.17, 15) is 9.59 Å². The maximum atomic E-state index is 11.1. The third-order valence-electron chi connectivity index (χ3n) is 2.23. The third-order valence-corrected chi connectivity index (χ3v) is 2.23. The number of cyclic esters (lactones) is 2. The molecule has 0 aromatic heterocycles. The van der Waals surface area contributed by atoms with Gasteiger partial charge in [0.2, 0.25) is 0 Å². The number of allylic oxidation sites excluding steroid dienone is 1. The summed E-state index contributed by atoms with van der Waals surface area (Å²) >= 11 is 0. The largest absolute Gasteiger partial charge is 1.00 e. The van der Waals surface area contributed by atoms with Gasteiger partial charge in [0.05, 0.1) is 6.42 Å². The zero-order valence-electron chi connectivity index (χ0n) is 10.1. The van der Waals surface area contributed by atoms with Crippen LogP contribution in [0, 0.1) is 0 Å². The van der Waals surface area contributed by atoms with Gasteiger partial charge in [-0.05, 0) is 12.0 Å². The van der Waals surface area contributed by atoms with Crippen molar-refractivity contribution in [3.8, 4) is 0 Å². The van der Waals surface area contributed by atoms with Crippen LogP contribution in [0.4, 0.5) is 0 Å². The molecule has 1 fully saturated rings. The molecule has 0 N–H and O–H groups in total. The molecule has 0 atom stereocenters. The number of esters is 2. The fourth-order valence-corrected chi connectivity index (χ4v) is 1.44. The molecule has 1 aromatic rings. The van der Waals surface area contributed by atoms with E-state index in [2.05, 4.69) is 4.74 Å². The van der Waals surface area contributed by atoms with Crippen molar-refractivity contribution in [2.24, 2.45) is 0 Å². The molecule has 0 spiro atoms. The van der Waals surface area contributed by atoms with E-state index < -0.39 is 11.9 Å². The molecule has 16 heavy (non-hydrogen) atoms. The molecule has 1 aromatic carbocycles. The Balaban J connectivity index is 0.00000128. The summed E-state index contributed by atoms with van der Waals surface area (Å²) in [7, 11) is 0. The van der Waals surface area contributed by atoms with E-state index in [0.717, 1.165) is 5.56 Å². The Kier molecular flexibility index (Phi) is 4.93. The molecule has 3 nitrogen and oxygen atoms in total. The van der Waals surface area contributed by atoms with Crippen molar-refractivity contribution < 1.29 is 45.3 Å². The van der Waals surface area contributed by atoms with Gasteiger partial charge in [0.1, 0.15) is 0 Å². The van der Waals surface area contributed by atoms with E-state index in [0.29, 0.717) is 12.0 Å². The Morgan fingerprint density at radius 1 is 1.25 bits per heavy atom. The predicted molar refractivity (Wildman–Crippen MR) is 55.1 cm³/mol. The minimum absolute atomic E-state index is 0. The van der Waals surface area contributed by atoms with Gasteiger partial charge in [-0.3, -0.25) is 4.79 Å². The van der Waals surface area contributed by atoms with Crippen LogP contribution in [0.15, 0.2) is 42.0 Å². The molecule has 78 valence electrons. The smallest absolute Gasteiger partial charge is 1.00 e. The van der Waals surface area contributed by atoms with Crippen LogP contribution >= 0.6 is 0 Å². The van der Waals surface area contributed by atoms with E-state index >= 15 is 0 Å². The molecular formula is C12H11NaO3. The first-order chi connectivity index (χ1) is 7.25. The fraction of sp³-hybridized carbons (Fsp3) is 0.167. The first kappa shape index (κ1) is 13.2. The molecule has 0 unspecified atom stereocenters. The summed E-state index contributed by atoms with van der Waals surface area (Å²) in [5, 5.41) is 0. The Labute approximate surface area is 117 Å². The Hall–Kier alpha value is -0.900. The topological polar surface area (TPSA) is 43.4 Å². The van der Waals surface area contributed by atoms with Crippen molar-refractivity contribution in [3.05, 3.63) is 47.5 Å². The molecule has 1 saturated heterocycles. The van der Waals surface area contributed by atoms with Crippen molar-refractivity contribution in [2.75, 3.05) is 0 Å². The van der Waals surface area contributed by atoms with Gasteiger partial charge in [0.15, 0.2) is 0 Å². The van der Waals surface area contributed by atoms with Gasteiger partial charge in [-0.2, -0.15) is 0 Å². The molecule has 1 aliphatic rings. The molecule has 4 heteroatoms. The normalized spacial score (nSPS) is 17.1. The number of hydrogen-bond donors (Lipinski definition) is 0. The summed E-state index contributed by atoms with van der Waals surface area (Å²) in [6, 6.07) is 9.75. The molecular weight excluding hydrogens is 215 g/mol. The second kappa shape index (κ2) is 5.99. The zero-order chi connectivity index (χ0) is 10.7. The van der Waals surface area contributed by atoms with Crippen LogP contribution in [0.3, 0.4) is 0 Å². The third kappa shape index (κ3) is 3.30. The van der Waals surface area contributed by atoms with Crippen molar-refractivity contribution in [3.63, 3.8) is 0 Å². The van der Waals surface area contributed by atoms with Gasteiger partial charge < -0.3 is 6.16 Å². The summed E-state index contributed by atoms with van der Waals surface area (Å²) in [5.74, 6) is -0.963. The Morgan fingerprint density at radius 2 is 1.94 bits per heavy atom. The molecule has 0 radical (unpaired) electrons. The van der Waals surface area contributed by atoms with Gasteiger partial charge in [0, 0.05) is 5.57 Å². The number of carbonyl (C=O) groups is 2. The second-order valence-corrected chi connectivity index (χ2v) is 3.36. The molecule has 0 bridgehead atoms. The van der Waals surface area contributed by atoms with Gasteiger partial charge in [-0.15, -0.1) is 0 Å². The average molecular weight is 226 g/mol. The van der Waals surface area contributed by atoms with E-state index in [1.165, 1.54) is 0 Å². The van der Waals surface area contributed by atoms with E-state index in [1.807, 2.05) is 30.3 Å². The molecule has 0 amide bonds. The van der Waals surface area contributed by atoms with Gasteiger partial charge in [0.25, 0.3) is 0 Å². The molecule has 2 rings (SSSR count). The Bertz CT molecular complexity index is 429. The van der Waals surface area contributed by atoms with Crippen molar-refractivity contribution in [1.29, 1.82) is 0 Å². The number of hydrogen-bond acceptors (Lipinski definition) is 3. The van der Waals surface area contributed by atoms with Crippen LogP contribution in [0.1, 0.15) is 13.4 Å². The first-order valence-electron chi connectivity index (χ1n) is 4.73. The maximum Gasteiger partial charge on any atom is 1.00 e. The van der Waals surface area contributed by atoms with Crippen LogP contribution in [0.5, 0.6) is 0 Å². The SMILES string of the molecule is O=C1CC(=CCc2ccccc2)C(=O)O1.[H-].[Na+]. The fourth-order valence-electron chi connectivity index (χ4n) is 1.44. The maximum absolute atomic E-state index is 11.1. The average Bonchev–Trinajstić information content (AvgIpc) is 2.56. The summed E-state index contributed by atoms with van der Waals surface area (Å²) in [5.41, 5.74) is 1.57. The van der Waals surface area contributed by atoms with Crippen LogP contribution in [-0.4, -0.2) is 11.9 Å². The number of benzene rings is 1. The molecule has 1 aliphatic heterocycles. The van der Waals surface area contributed by atoms with E-state index in [-0.39, 0.29) is 37.4 Å². The van der Waals surface area contributed by atoms with Crippen LogP contribution in [0.2, 0.25) is 0 Å². The zero-order valence-corrected chi connectivity index (χ0v) is 11.1. The summed E-state index contributed by atoms with van der Waals surface area (Å²) in [6.45, 7) is 0. The number of carbonyl (C=O) groups excluding carboxylic acids is 2. The van der Waals surface area contributed by atoms with Gasteiger partial charge in [-0.1, -0.05) is 36.4 Å². The van der Waals surface area contributed by atoms with E-state index in [1.54, 1.807) is 6.08 Å². The van der Waals surface area contributed by atoms with Crippen LogP contribution in [-0.2, 0) is 20.7 Å². The van der Waals surface area contributed by atoms with Crippen molar-refractivity contribution in [1.82, 2.24) is 0 Å². The number of rotatable bonds is 2. The number of ether oxygens (including phenoxy) is 1. The van der Waals surface area contributed by atoms with Crippen LogP contribution < -0.4 is 29.6 Å². The van der Waals surface area contributed by atoms with Gasteiger partial charge in [-0.25, -0.2) is 4.79 Å². The summed E-state index contributed by atoms with van der Waals surface area (Å²) in [4.78, 5) is 21.9. The Morgan fingerprint density at radius 3 is 2.50 bits per heavy atom. The summed E-state index contributed by atoms with van der Waals surface area (Å²) in [6.07, 6.45) is 2.51. The van der Waals surface area contributed by atoms with E-state index in [4.69, 9.17) is 0 Å². The summed E-state index contributed by atoms with van der Waals surface area (Å²) < 4.78 is 4.42. The first-order valence-corrected chi connectivity index (χ1v) is 4.73. The standard InChI is InChI=1S/C12H10O3.Na.H/c13-11-8-10(12(14)15-11)7-6-9-4-2-1-3-5-9;;/h1-5,7H,6,8H2;;/q;+1;-1. The predicted octanol–water partition coefficient (Wildman–Crippen LogP) is -1.25. The molecule has 0 aliphatic carbocycles.